The summed E-state index contributed by atoms with van der Waals surface area (Å²) < 4.78 is 0.761. The Bertz CT molecular complexity index is 282. The van der Waals surface area contributed by atoms with Crippen LogP contribution in [-0.4, -0.2) is 16.1 Å². The van der Waals surface area contributed by atoms with Crippen molar-refractivity contribution in [1.82, 2.24) is 10.2 Å². The van der Waals surface area contributed by atoms with Crippen molar-refractivity contribution in [2.24, 2.45) is 5.92 Å². The second-order valence-electron chi connectivity index (χ2n) is 2.74. The number of aromatic amines is 1. The Balaban J connectivity index is 2.64. The first kappa shape index (κ1) is 9.25. The van der Waals surface area contributed by atoms with Gasteiger partial charge in [-0.1, -0.05) is 13.8 Å². The molecule has 4 nitrogen and oxygen atoms in total. The van der Waals surface area contributed by atoms with E-state index in [0.29, 0.717) is 5.82 Å². The van der Waals surface area contributed by atoms with Gasteiger partial charge in [0.15, 0.2) is 0 Å². The second kappa shape index (κ2) is 3.71. The minimum absolute atomic E-state index is 0.0276. The predicted octanol–water partition coefficient (Wildman–Crippen LogP) is 1.77. The van der Waals surface area contributed by atoms with Gasteiger partial charge in [0.05, 0.1) is 10.7 Å². The lowest BCUT2D eigenvalue weighted by molar-refractivity contribution is -0.118. The van der Waals surface area contributed by atoms with Crippen molar-refractivity contribution in [2.75, 3.05) is 5.32 Å². The number of halogens is 1. The zero-order valence-corrected chi connectivity index (χ0v) is 8.47. The maximum Gasteiger partial charge on any atom is 0.228 e. The van der Waals surface area contributed by atoms with E-state index >= 15 is 0 Å². The standard InChI is InChI=1S/C7H10BrN3O/c1-4(2)7(12)10-6-5(8)3-9-11-6/h3-4H,1-2H3,(H2,9,10,11,12). The molecule has 0 aliphatic heterocycles. The quantitative estimate of drug-likeness (QED) is 0.816. The third kappa shape index (κ3) is 2.07. The Hall–Kier alpha value is -0.840. The van der Waals surface area contributed by atoms with E-state index in [4.69, 9.17) is 0 Å². The molecule has 0 radical (unpaired) electrons. The van der Waals surface area contributed by atoms with Crippen LogP contribution in [0.15, 0.2) is 10.7 Å². The average Bonchev–Trinajstić information content (AvgIpc) is 2.36. The van der Waals surface area contributed by atoms with Crippen LogP contribution < -0.4 is 5.32 Å². The van der Waals surface area contributed by atoms with Crippen molar-refractivity contribution in [3.05, 3.63) is 10.7 Å². The van der Waals surface area contributed by atoms with Gasteiger partial charge in [0.1, 0.15) is 5.82 Å². The highest BCUT2D eigenvalue weighted by atomic mass is 79.9. The first-order valence-electron chi connectivity index (χ1n) is 3.61. The molecule has 0 unspecified atom stereocenters. The predicted molar refractivity (Wildman–Crippen MR) is 49.8 cm³/mol. The van der Waals surface area contributed by atoms with Crippen LogP contribution in [0.4, 0.5) is 5.82 Å². The Labute approximate surface area is 78.9 Å². The monoisotopic (exact) mass is 231 g/mol. The third-order valence-corrected chi connectivity index (χ3v) is 1.97. The number of anilines is 1. The molecular weight excluding hydrogens is 222 g/mol. The van der Waals surface area contributed by atoms with Gasteiger partial charge in [0.2, 0.25) is 5.91 Å². The number of nitrogens with zero attached hydrogens (tertiary/aromatic N) is 1. The molecule has 0 atom stereocenters. The van der Waals surface area contributed by atoms with Gasteiger partial charge in [-0.25, -0.2) is 0 Å². The van der Waals surface area contributed by atoms with Crippen molar-refractivity contribution >= 4 is 27.7 Å². The van der Waals surface area contributed by atoms with Gasteiger partial charge in [-0.3, -0.25) is 9.89 Å². The molecule has 0 aliphatic rings. The molecular formula is C7H10BrN3O. The van der Waals surface area contributed by atoms with E-state index in [9.17, 15) is 4.79 Å². The summed E-state index contributed by atoms with van der Waals surface area (Å²) in [6.07, 6.45) is 1.59. The van der Waals surface area contributed by atoms with Crippen LogP contribution in [0.3, 0.4) is 0 Å². The van der Waals surface area contributed by atoms with Crippen molar-refractivity contribution in [1.29, 1.82) is 0 Å². The fourth-order valence-electron chi connectivity index (χ4n) is 0.627. The number of hydrogen-bond donors (Lipinski definition) is 2. The number of H-pyrrole nitrogens is 1. The molecule has 12 heavy (non-hydrogen) atoms. The van der Waals surface area contributed by atoms with E-state index in [2.05, 4.69) is 31.4 Å². The Morgan fingerprint density at radius 1 is 1.75 bits per heavy atom. The van der Waals surface area contributed by atoms with Crippen LogP contribution in [0.2, 0.25) is 0 Å². The number of nitrogens with one attached hydrogen (secondary N) is 2. The summed E-state index contributed by atoms with van der Waals surface area (Å²) >= 11 is 3.24. The normalized spacial score (nSPS) is 10.3. The summed E-state index contributed by atoms with van der Waals surface area (Å²) in [6, 6.07) is 0. The molecule has 1 aromatic heterocycles. The summed E-state index contributed by atoms with van der Waals surface area (Å²) in [5, 5.41) is 9.10. The Morgan fingerprint density at radius 2 is 2.42 bits per heavy atom. The van der Waals surface area contributed by atoms with Gasteiger partial charge in [-0.15, -0.1) is 0 Å². The zero-order valence-electron chi connectivity index (χ0n) is 6.89. The molecule has 1 amide bonds. The van der Waals surface area contributed by atoms with Crippen LogP contribution in [0, 0.1) is 5.92 Å². The molecule has 1 aromatic rings. The fraction of sp³-hybridized carbons (Fsp3) is 0.429. The van der Waals surface area contributed by atoms with E-state index in [1.165, 1.54) is 0 Å². The molecule has 0 saturated heterocycles. The first-order valence-corrected chi connectivity index (χ1v) is 4.40. The van der Waals surface area contributed by atoms with Crippen LogP contribution in [0.5, 0.6) is 0 Å². The second-order valence-corrected chi connectivity index (χ2v) is 3.59. The van der Waals surface area contributed by atoms with E-state index in [-0.39, 0.29) is 11.8 Å². The van der Waals surface area contributed by atoms with Crippen molar-refractivity contribution in [3.8, 4) is 0 Å². The molecule has 0 aromatic carbocycles. The summed E-state index contributed by atoms with van der Waals surface area (Å²) in [6.45, 7) is 3.67. The molecule has 0 saturated carbocycles. The largest absolute Gasteiger partial charge is 0.310 e. The number of carbonyl (C=O) groups is 1. The first-order chi connectivity index (χ1) is 5.61. The molecule has 1 heterocycles. The van der Waals surface area contributed by atoms with E-state index in [0.717, 1.165) is 4.47 Å². The van der Waals surface area contributed by atoms with Crippen LogP contribution in [-0.2, 0) is 4.79 Å². The van der Waals surface area contributed by atoms with Crippen LogP contribution in [0.25, 0.3) is 0 Å². The molecule has 0 fully saturated rings. The Morgan fingerprint density at radius 3 is 2.83 bits per heavy atom. The van der Waals surface area contributed by atoms with Crippen LogP contribution in [0.1, 0.15) is 13.8 Å². The van der Waals surface area contributed by atoms with Gasteiger partial charge in [-0.2, -0.15) is 5.10 Å². The topological polar surface area (TPSA) is 57.8 Å². The molecule has 2 N–H and O–H groups in total. The maximum atomic E-state index is 11.2. The number of hydrogen-bond acceptors (Lipinski definition) is 2. The number of carbonyl (C=O) groups excluding carboxylic acids is 1. The lowest BCUT2D eigenvalue weighted by atomic mass is 10.2. The van der Waals surface area contributed by atoms with Crippen molar-refractivity contribution in [3.63, 3.8) is 0 Å². The average molecular weight is 232 g/mol. The minimum Gasteiger partial charge on any atom is -0.310 e. The molecule has 0 aliphatic carbocycles. The Kier molecular flexibility index (Phi) is 2.86. The van der Waals surface area contributed by atoms with Gasteiger partial charge in [0.25, 0.3) is 0 Å². The fourth-order valence-corrected chi connectivity index (χ4v) is 0.917. The molecule has 0 spiro atoms. The molecule has 1 rings (SSSR count). The SMILES string of the molecule is CC(C)C(=O)Nc1[nH]ncc1Br. The van der Waals surface area contributed by atoms with Gasteiger partial charge in [-0.05, 0) is 15.9 Å². The number of aromatic nitrogens is 2. The zero-order chi connectivity index (χ0) is 9.14. The summed E-state index contributed by atoms with van der Waals surface area (Å²) in [5.41, 5.74) is 0. The molecule has 5 heteroatoms. The van der Waals surface area contributed by atoms with Gasteiger partial charge < -0.3 is 5.32 Å². The van der Waals surface area contributed by atoms with Gasteiger partial charge in [0, 0.05) is 5.92 Å². The highest BCUT2D eigenvalue weighted by Crippen LogP contribution is 2.18. The van der Waals surface area contributed by atoms with Gasteiger partial charge >= 0.3 is 0 Å². The maximum absolute atomic E-state index is 11.2. The number of amides is 1. The van der Waals surface area contributed by atoms with Crippen LogP contribution >= 0.6 is 15.9 Å². The summed E-state index contributed by atoms with van der Waals surface area (Å²) in [5.74, 6) is 0.550. The smallest absolute Gasteiger partial charge is 0.228 e. The number of rotatable bonds is 2. The van der Waals surface area contributed by atoms with E-state index in [1.54, 1.807) is 6.20 Å². The molecule has 0 bridgehead atoms. The van der Waals surface area contributed by atoms with E-state index < -0.39 is 0 Å². The van der Waals surface area contributed by atoms with Crippen molar-refractivity contribution < 1.29 is 4.79 Å². The summed E-state index contributed by atoms with van der Waals surface area (Å²) in [7, 11) is 0. The van der Waals surface area contributed by atoms with E-state index in [1.807, 2.05) is 13.8 Å². The highest BCUT2D eigenvalue weighted by Gasteiger charge is 2.09. The lowest BCUT2D eigenvalue weighted by Gasteiger charge is -2.04. The minimum atomic E-state index is -0.0278. The van der Waals surface area contributed by atoms with Crippen molar-refractivity contribution in [2.45, 2.75) is 13.8 Å². The lowest BCUT2D eigenvalue weighted by Crippen LogP contribution is -2.18. The molecule has 66 valence electrons. The highest BCUT2D eigenvalue weighted by molar-refractivity contribution is 9.10. The third-order valence-electron chi connectivity index (χ3n) is 1.37. The summed E-state index contributed by atoms with van der Waals surface area (Å²) in [4.78, 5) is 11.2.